The molecule has 0 aromatic heterocycles. The molecular weight excluding hydrogens is 324 g/mol. The molecule has 0 aromatic carbocycles. The maximum atomic E-state index is 12.2. The Hall–Kier alpha value is -0.180. The van der Waals surface area contributed by atoms with E-state index in [0.29, 0.717) is 39.0 Å². The highest BCUT2D eigenvalue weighted by atomic mass is 32.2. The fourth-order valence-electron chi connectivity index (χ4n) is 3.11. The Balaban J connectivity index is 1.73. The topological polar surface area (TPSA) is 74.8 Å². The molecule has 0 aliphatic carbocycles. The van der Waals surface area contributed by atoms with E-state index in [-0.39, 0.29) is 11.5 Å². The summed E-state index contributed by atoms with van der Waals surface area (Å²) in [5.74, 6) is 0.144. The van der Waals surface area contributed by atoms with Gasteiger partial charge in [-0.25, -0.2) is 25.4 Å². The van der Waals surface area contributed by atoms with E-state index in [9.17, 15) is 16.8 Å². The molecule has 0 spiro atoms. The van der Waals surface area contributed by atoms with Gasteiger partial charge < -0.3 is 0 Å². The maximum absolute atomic E-state index is 12.2. The molecule has 0 unspecified atom stereocenters. The van der Waals surface area contributed by atoms with Crippen LogP contribution in [0.3, 0.4) is 0 Å². The summed E-state index contributed by atoms with van der Waals surface area (Å²) in [6, 6.07) is 0. The lowest BCUT2D eigenvalue weighted by Gasteiger charge is -2.26. The van der Waals surface area contributed by atoms with Gasteiger partial charge in [0.2, 0.25) is 20.0 Å². The average molecular weight is 353 g/mol. The molecule has 0 bridgehead atoms. The summed E-state index contributed by atoms with van der Waals surface area (Å²) in [7, 11) is -6.40. The zero-order valence-electron chi connectivity index (χ0n) is 13.2. The van der Waals surface area contributed by atoms with Gasteiger partial charge in [-0.2, -0.15) is 0 Å². The molecule has 8 heteroatoms. The summed E-state index contributed by atoms with van der Waals surface area (Å²) in [6.45, 7) is 2.48. The lowest BCUT2D eigenvalue weighted by Crippen LogP contribution is -2.38. The molecule has 0 radical (unpaired) electrons. The second-order valence-electron chi connectivity index (χ2n) is 6.26. The third kappa shape index (κ3) is 5.18. The lowest BCUT2D eigenvalue weighted by atomic mass is 10.2. The Morgan fingerprint density at radius 1 is 0.545 bits per heavy atom. The summed E-state index contributed by atoms with van der Waals surface area (Å²) in [5.41, 5.74) is 0. The number of hydrogen-bond donors (Lipinski definition) is 0. The second kappa shape index (κ2) is 8.08. The molecule has 6 nitrogen and oxygen atoms in total. The van der Waals surface area contributed by atoms with E-state index in [1.54, 1.807) is 8.61 Å². The van der Waals surface area contributed by atoms with Gasteiger partial charge in [0.25, 0.3) is 0 Å². The molecular formula is C14H28N2O4S2. The van der Waals surface area contributed by atoms with Gasteiger partial charge in [0.15, 0.2) is 0 Å². The van der Waals surface area contributed by atoms with Crippen molar-refractivity contribution in [2.75, 3.05) is 37.7 Å². The SMILES string of the molecule is O=S(=O)(CCCCS(=O)(=O)N1CCCCC1)N1CCCCC1. The summed E-state index contributed by atoms with van der Waals surface area (Å²) < 4.78 is 51.8. The van der Waals surface area contributed by atoms with Crippen molar-refractivity contribution in [3.05, 3.63) is 0 Å². The first-order chi connectivity index (χ1) is 10.4. The predicted molar refractivity (Wildman–Crippen MR) is 87.7 cm³/mol. The number of hydrogen-bond acceptors (Lipinski definition) is 4. The van der Waals surface area contributed by atoms with Crippen LogP contribution < -0.4 is 0 Å². The molecule has 2 aliphatic rings. The van der Waals surface area contributed by atoms with Crippen molar-refractivity contribution in [1.82, 2.24) is 8.61 Å². The molecule has 2 heterocycles. The van der Waals surface area contributed by atoms with E-state index in [0.717, 1.165) is 38.5 Å². The molecule has 0 amide bonds. The van der Waals surface area contributed by atoms with Crippen molar-refractivity contribution in [3.63, 3.8) is 0 Å². The first-order valence-electron chi connectivity index (χ1n) is 8.37. The average Bonchev–Trinajstić information content (AvgIpc) is 2.53. The first kappa shape index (κ1) is 18.2. The number of piperidine rings is 2. The Bertz CT molecular complexity index is 483. The van der Waals surface area contributed by atoms with Gasteiger partial charge >= 0.3 is 0 Å². The molecule has 0 aromatic rings. The third-order valence-corrected chi connectivity index (χ3v) is 8.38. The monoisotopic (exact) mass is 352 g/mol. The van der Waals surface area contributed by atoms with E-state index in [2.05, 4.69) is 0 Å². The van der Waals surface area contributed by atoms with Crippen LogP contribution >= 0.6 is 0 Å². The fourth-order valence-corrected chi connectivity index (χ4v) is 6.40. The Kier molecular flexibility index (Phi) is 6.67. The molecule has 0 N–H and O–H groups in total. The minimum atomic E-state index is -3.20. The summed E-state index contributed by atoms with van der Waals surface area (Å²) in [6.07, 6.45) is 6.77. The van der Waals surface area contributed by atoms with Crippen LogP contribution in [0.25, 0.3) is 0 Å². The van der Waals surface area contributed by atoms with E-state index < -0.39 is 20.0 Å². The second-order valence-corrected chi connectivity index (χ2v) is 10.4. The van der Waals surface area contributed by atoms with Crippen LogP contribution in [0.15, 0.2) is 0 Å². The molecule has 2 fully saturated rings. The van der Waals surface area contributed by atoms with Gasteiger partial charge in [-0.05, 0) is 38.5 Å². The summed E-state index contributed by atoms with van der Waals surface area (Å²) in [4.78, 5) is 0. The summed E-state index contributed by atoms with van der Waals surface area (Å²) >= 11 is 0. The number of rotatable bonds is 7. The van der Waals surface area contributed by atoms with Gasteiger partial charge in [-0.15, -0.1) is 0 Å². The highest BCUT2D eigenvalue weighted by Gasteiger charge is 2.25. The van der Waals surface area contributed by atoms with Crippen LogP contribution in [0.5, 0.6) is 0 Å². The zero-order valence-corrected chi connectivity index (χ0v) is 14.9. The van der Waals surface area contributed by atoms with E-state index >= 15 is 0 Å². The van der Waals surface area contributed by atoms with Crippen LogP contribution in [-0.4, -0.2) is 63.1 Å². The molecule has 130 valence electrons. The number of sulfonamides is 2. The zero-order chi connectivity index (χ0) is 16.1. The van der Waals surface area contributed by atoms with Crippen molar-refractivity contribution in [2.24, 2.45) is 0 Å². The van der Waals surface area contributed by atoms with Crippen LogP contribution in [0.2, 0.25) is 0 Å². The maximum Gasteiger partial charge on any atom is 0.214 e. The Labute approximate surface area is 135 Å². The van der Waals surface area contributed by atoms with Gasteiger partial charge in [0.05, 0.1) is 11.5 Å². The lowest BCUT2D eigenvalue weighted by molar-refractivity contribution is 0.344. The third-order valence-electron chi connectivity index (χ3n) is 4.47. The minimum Gasteiger partial charge on any atom is -0.212 e. The quantitative estimate of drug-likeness (QED) is 0.649. The minimum absolute atomic E-state index is 0.0719. The highest BCUT2D eigenvalue weighted by Crippen LogP contribution is 2.16. The normalized spacial score (nSPS) is 22.7. The molecule has 0 atom stereocenters. The first-order valence-corrected chi connectivity index (χ1v) is 11.6. The molecule has 0 saturated carbocycles. The highest BCUT2D eigenvalue weighted by molar-refractivity contribution is 7.89. The smallest absolute Gasteiger partial charge is 0.212 e. The van der Waals surface area contributed by atoms with Gasteiger partial charge in [-0.3, -0.25) is 0 Å². The van der Waals surface area contributed by atoms with E-state index in [1.807, 2.05) is 0 Å². The van der Waals surface area contributed by atoms with E-state index in [4.69, 9.17) is 0 Å². The Morgan fingerprint density at radius 2 is 0.864 bits per heavy atom. The largest absolute Gasteiger partial charge is 0.214 e. The van der Waals surface area contributed by atoms with Crippen molar-refractivity contribution in [2.45, 2.75) is 51.4 Å². The van der Waals surface area contributed by atoms with Crippen LogP contribution in [0.4, 0.5) is 0 Å². The van der Waals surface area contributed by atoms with Crippen LogP contribution in [0, 0.1) is 0 Å². The van der Waals surface area contributed by atoms with Gasteiger partial charge in [-0.1, -0.05) is 12.8 Å². The molecule has 2 rings (SSSR count). The fraction of sp³-hybridized carbons (Fsp3) is 1.00. The molecule has 22 heavy (non-hydrogen) atoms. The van der Waals surface area contributed by atoms with Crippen molar-refractivity contribution in [1.29, 1.82) is 0 Å². The number of unbranched alkanes of at least 4 members (excludes halogenated alkanes) is 1. The predicted octanol–water partition coefficient (Wildman–Crippen LogP) is 1.40. The summed E-state index contributed by atoms with van der Waals surface area (Å²) in [5, 5.41) is 0. The van der Waals surface area contributed by atoms with Crippen molar-refractivity contribution in [3.8, 4) is 0 Å². The standard InChI is InChI=1S/C14H28N2O4S2/c17-21(18,15-9-3-1-4-10-15)13-7-8-14-22(19,20)16-11-5-2-6-12-16/h1-14H2. The van der Waals surface area contributed by atoms with Crippen molar-refractivity contribution >= 4 is 20.0 Å². The van der Waals surface area contributed by atoms with Gasteiger partial charge in [0, 0.05) is 26.2 Å². The molecule has 2 saturated heterocycles. The Morgan fingerprint density at radius 3 is 1.18 bits per heavy atom. The van der Waals surface area contributed by atoms with E-state index in [1.165, 1.54) is 0 Å². The number of nitrogens with zero attached hydrogens (tertiary/aromatic N) is 2. The van der Waals surface area contributed by atoms with Gasteiger partial charge in [0.1, 0.15) is 0 Å². The van der Waals surface area contributed by atoms with Crippen LogP contribution in [-0.2, 0) is 20.0 Å². The van der Waals surface area contributed by atoms with Crippen LogP contribution in [0.1, 0.15) is 51.4 Å². The van der Waals surface area contributed by atoms with Crippen molar-refractivity contribution < 1.29 is 16.8 Å². The molecule has 2 aliphatic heterocycles.